The zero-order valence-corrected chi connectivity index (χ0v) is 12.8. The summed E-state index contributed by atoms with van der Waals surface area (Å²) in [5.74, 6) is 6.44. The Morgan fingerprint density at radius 3 is 1.88 bits per heavy atom. The molecule has 2 N–H and O–H groups in total. The van der Waals surface area contributed by atoms with E-state index in [0.29, 0.717) is 22.5 Å². The molecule has 0 saturated heterocycles. The van der Waals surface area contributed by atoms with Crippen molar-refractivity contribution < 1.29 is 4.43 Å². The number of nitrogens with zero attached hydrogens (tertiary/aromatic N) is 2. The predicted octanol–water partition coefficient (Wildman–Crippen LogP) is 3.15. The van der Waals surface area contributed by atoms with E-state index in [1.54, 1.807) is 6.20 Å². The van der Waals surface area contributed by atoms with Gasteiger partial charge in [0.25, 0.3) is 8.32 Å². The Morgan fingerprint density at radius 2 is 1.59 bits per heavy atom. The molecule has 1 aromatic heterocycles. The third-order valence-corrected chi connectivity index (χ3v) is 9.60. The Hall–Kier alpha value is -0.973. The topological polar surface area (TPSA) is 53.1 Å². The van der Waals surface area contributed by atoms with Crippen molar-refractivity contribution >= 4 is 8.32 Å². The van der Waals surface area contributed by atoms with Crippen LogP contribution in [-0.2, 0) is 0 Å². The summed E-state index contributed by atoms with van der Waals surface area (Å²) < 4.78 is 6.37. The van der Waals surface area contributed by atoms with E-state index in [1.165, 1.54) is 4.79 Å². The van der Waals surface area contributed by atoms with E-state index in [4.69, 9.17) is 10.3 Å². The van der Waals surface area contributed by atoms with Crippen molar-refractivity contribution in [3.05, 3.63) is 12.3 Å². The Morgan fingerprint density at radius 1 is 1.12 bits per heavy atom. The minimum atomic E-state index is -1.90. The van der Waals surface area contributed by atoms with Gasteiger partial charge in [-0.15, -0.1) is 4.79 Å². The van der Waals surface area contributed by atoms with Crippen LogP contribution in [-0.4, -0.2) is 18.2 Å². The van der Waals surface area contributed by atoms with Gasteiger partial charge >= 0.3 is 0 Å². The summed E-state index contributed by atoms with van der Waals surface area (Å²) in [6, 6.07) is 1.84. The second kappa shape index (κ2) is 5.12. The summed E-state index contributed by atoms with van der Waals surface area (Å²) >= 11 is 0. The zero-order valence-electron chi connectivity index (χ0n) is 11.8. The van der Waals surface area contributed by atoms with Crippen LogP contribution in [0.2, 0.25) is 16.6 Å². The second-order valence-corrected chi connectivity index (χ2v) is 10.9. The minimum absolute atomic E-state index is 0.539. The van der Waals surface area contributed by atoms with E-state index in [9.17, 15) is 0 Å². The molecule has 0 aromatic carbocycles. The van der Waals surface area contributed by atoms with E-state index in [1.807, 2.05) is 6.07 Å². The van der Waals surface area contributed by atoms with Crippen LogP contribution in [0.15, 0.2) is 12.3 Å². The van der Waals surface area contributed by atoms with Crippen LogP contribution in [0.4, 0.5) is 0 Å². The van der Waals surface area contributed by atoms with Crippen molar-refractivity contribution in [1.82, 2.24) is 9.89 Å². The molecule has 0 unspecified atom stereocenters. The Labute approximate surface area is 105 Å². The number of nitrogen functional groups attached to an aromatic ring is 1. The molecular formula is C12H25N3OSi. The van der Waals surface area contributed by atoms with Crippen molar-refractivity contribution in [3.63, 3.8) is 0 Å². The van der Waals surface area contributed by atoms with Crippen molar-refractivity contribution in [2.75, 3.05) is 5.84 Å². The SMILES string of the molecule is CC(C)[Si](Oc1ccnn1N)(C(C)C)C(C)C. The zero-order chi connectivity index (χ0) is 13.2. The first-order chi connectivity index (χ1) is 7.82. The fourth-order valence-electron chi connectivity index (χ4n) is 2.92. The lowest BCUT2D eigenvalue weighted by Crippen LogP contribution is -2.51. The van der Waals surface area contributed by atoms with Crippen LogP contribution in [0.25, 0.3) is 0 Å². The number of hydrogen-bond donors (Lipinski definition) is 1. The molecule has 1 aromatic rings. The molecule has 0 spiro atoms. The van der Waals surface area contributed by atoms with Crippen molar-refractivity contribution in [2.45, 2.75) is 58.2 Å². The third-order valence-electron chi connectivity index (χ3n) is 3.62. The van der Waals surface area contributed by atoms with Gasteiger partial charge in [-0.1, -0.05) is 41.5 Å². The van der Waals surface area contributed by atoms with E-state index >= 15 is 0 Å². The van der Waals surface area contributed by atoms with E-state index in [0.717, 1.165) is 0 Å². The number of aromatic nitrogens is 2. The number of rotatable bonds is 5. The monoisotopic (exact) mass is 255 g/mol. The first kappa shape index (κ1) is 14.1. The molecule has 4 nitrogen and oxygen atoms in total. The molecule has 0 atom stereocenters. The van der Waals surface area contributed by atoms with Crippen molar-refractivity contribution in [3.8, 4) is 5.88 Å². The first-order valence-electron chi connectivity index (χ1n) is 6.30. The largest absolute Gasteiger partial charge is 0.529 e. The van der Waals surface area contributed by atoms with Gasteiger partial charge in [-0.05, 0) is 16.6 Å². The summed E-state index contributed by atoms with van der Waals surface area (Å²) in [4.78, 5) is 1.33. The van der Waals surface area contributed by atoms with E-state index in [2.05, 4.69) is 46.6 Å². The summed E-state index contributed by atoms with van der Waals surface area (Å²) in [6.45, 7) is 13.5. The van der Waals surface area contributed by atoms with Crippen LogP contribution in [0.1, 0.15) is 41.5 Å². The van der Waals surface area contributed by atoms with Gasteiger partial charge in [-0.3, -0.25) is 0 Å². The maximum Gasteiger partial charge on any atom is 0.260 e. The first-order valence-corrected chi connectivity index (χ1v) is 8.44. The Balaban J connectivity index is 3.11. The van der Waals surface area contributed by atoms with Crippen LogP contribution in [0, 0.1) is 0 Å². The predicted molar refractivity (Wildman–Crippen MR) is 74.1 cm³/mol. The quantitative estimate of drug-likeness (QED) is 0.649. The highest BCUT2D eigenvalue weighted by molar-refractivity contribution is 6.78. The van der Waals surface area contributed by atoms with Gasteiger partial charge in [0.15, 0.2) is 0 Å². The summed E-state index contributed by atoms with van der Waals surface area (Å²) in [6.07, 6.45) is 1.68. The highest BCUT2D eigenvalue weighted by Crippen LogP contribution is 2.42. The lowest BCUT2D eigenvalue weighted by atomic mass is 10.5. The summed E-state index contributed by atoms with van der Waals surface area (Å²) in [7, 11) is -1.90. The number of nitrogens with two attached hydrogens (primary N) is 1. The van der Waals surface area contributed by atoms with Gasteiger partial charge < -0.3 is 10.3 Å². The molecule has 0 radical (unpaired) electrons. The molecule has 0 aliphatic rings. The standard InChI is InChI=1S/C12H25N3OSi/c1-9(2)17(10(3)4,11(5)6)16-12-7-8-14-15(12)13/h7-11H,13H2,1-6H3. The van der Waals surface area contributed by atoms with E-state index < -0.39 is 8.32 Å². The average Bonchev–Trinajstić information content (AvgIpc) is 2.58. The maximum atomic E-state index is 6.37. The van der Waals surface area contributed by atoms with Gasteiger partial charge in [0, 0.05) is 6.07 Å². The number of hydrogen-bond acceptors (Lipinski definition) is 3. The van der Waals surface area contributed by atoms with Gasteiger partial charge in [-0.2, -0.15) is 5.10 Å². The molecule has 0 aliphatic heterocycles. The molecular weight excluding hydrogens is 230 g/mol. The second-order valence-electron chi connectivity index (χ2n) is 5.53. The molecule has 1 heterocycles. The smallest absolute Gasteiger partial charge is 0.260 e. The van der Waals surface area contributed by atoms with Crippen molar-refractivity contribution in [1.29, 1.82) is 0 Å². The molecule has 0 bridgehead atoms. The summed E-state index contributed by atoms with van der Waals surface area (Å²) in [5.41, 5.74) is 1.62. The van der Waals surface area contributed by atoms with Crippen LogP contribution in [0.3, 0.4) is 0 Å². The highest BCUT2D eigenvalue weighted by atomic mass is 28.4. The molecule has 0 aliphatic carbocycles. The van der Waals surface area contributed by atoms with E-state index in [-0.39, 0.29) is 0 Å². The van der Waals surface area contributed by atoms with Crippen LogP contribution < -0.4 is 10.3 Å². The lowest BCUT2D eigenvalue weighted by Gasteiger charge is -2.41. The summed E-state index contributed by atoms with van der Waals surface area (Å²) in [5, 5.41) is 3.97. The highest BCUT2D eigenvalue weighted by Gasteiger charge is 2.47. The Bertz CT molecular complexity index is 339. The Kier molecular flexibility index (Phi) is 4.24. The molecule has 1 rings (SSSR count). The average molecular weight is 255 g/mol. The molecule has 98 valence electrons. The molecule has 0 saturated carbocycles. The van der Waals surface area contributed by atoms with Crippen molar-refractivity contribution in [2.24, 2.45) is 0 Å². The van der Waals surface area contributed by atoms with Gasteiger partial charge in [-0.25, -0.2) is 0 Å². The third kappa shape index (κ3) is 2.49. The fraction of sp³-hybridized carbons (Fsp3) is 0.750. The molecule has 17 heavy (non-hydrogen) atoms. The fourth-order valence-corrected chi connectivity index (χ4v) is 8.15. The maximum absolute atomic E-state index is 6.37. The minimum Gasteiger partial charge on any atom is -0.529 e. The van der Waals surface area contributed by atoms with Gasteiger partial charge in [0.2, 0.25) is 5.88 Å². The lowest BCUT2D eigenvalue weighted by molar-refractivity contribution is 0.443. The molecule has 5 heteroatoms. The van der Waals surface area contributed by atoms with Crippen LogP contribution >= 0.6 is 0 Å². The van der Waals surface area contributed by atoms with Crippen LogP contribution in [0.5, 0.6) is 5.88 Å². The van der Waals surface area contributed by atoms with Gasteiger partial charge in [0.05, 0.1) is 6.20 Å². The molecule has 0 fully saturated rings. The van der Waals surface area contributed by atoms with Gasteiger partial charge in [0.1, 0.15) is 0 Å². The molecule has 0 amide bonds. The normalized spacial score (nSPS) is 12.8.